The quantitative estimate of drug-likeness (QED) is 0.790. The predicted octanol–water partition coefficient (Wildman–Crippen LogP) is 5.10. The van der Waals surface area contributed by atoms with Crippen molar-refractivity contribution in [3.05, 3.63) is 57.0 Å². The average Bonchev–Trinajstić information content (AvgIpc) is 2.44. The number of carbonyl (C=O) groups is 1. The Balaban J connectivity index is 2.18. The Morgan fingerprint density at radius 3 is 2.52 bits per heavy atom. The Hall–Kier alpha value is -1.52. The monoisotopic (exact) mass is 366 g/mol. The minimum absolute atomic E-state index is 0.176. The third-order valence-electron chi connectivity index (χ3n) is 3.04. The third-order valence-corrected chi connectivity index (χ3v) is 3.84. The lowest BCUT2D eigenvalue weighted by Crippen LogP contribution is -2.12. The van der Waals surface area contributed by atoms with Gasteiger partial charge in [-0.15, -0.1) is 0 Å². The van der Waals surface area contributed by atoms with Crippen molar-refractivity contribution in [3.63, 3.8) is 0 Å². The van der Waals surface area contributed by atoms with E-state index in [1.54, 1.807) is 18.2 Å². The summed E-state index contributed by atoms with van der Waals surface area (Å²) in [5, 5.41) is 6.57. The van der Waals surface area contributed by atoms with Crippen molar-refractivity contribution >= 4 is 44.8 Å². The number of carbonyl (C=O) groups excluding carboxylic acids is 1. The Morgan fingerprint density at radius 2 is 1.90 bits per heavy atom. The lowest BCUT2D eigenvalue weighted by Gasteiger charge is -2.11. The highest BCUT2D eigenvalue weighted by Gasteiger charge is 2.10. The summed E-state index contributed by atoms with van der Waals surface area (Å²) in [6.45, 7) is 4.86. The van der Waals surface area contributed by atoms with Gasteiger partial charge in [0.25, 0.3) is 5.91 Å². The molecule has 0 heterocycles. The molecule has 0 aromatic heterocycles. The molecule has 2 rings (SSSR count). The Labute approximate surface area is 137 Å². The van der Waals surface area contributed by atoms with Gasteiger partial charge in [-0.1, -0.05) is 27.5 Å². The molecule has 2 N–H and O–H groups in total. The van der Waals surface area contributed by atoms with Gasteiger partial charge in [0.1, 0.15) is 0 Å². The number of anilines is 2. The molecule has 0 aliphatic carbocycles. The minimum Gasteiger partial charge on any atom is -0.385 e. The van der Waals surface area contributed by atoms with Crippen LogP contribution in [0.25, 0.3) is 0 Å². The van der Waals surface area contributed by atoms with Crippen LogP contribution in [0, 0.1) is 6.92 Å². The summed E-state index contributed by atoms with van der Waals surface area (Å²) in [5.74, 6) is -0.176. The number of amides is 1. The zero-order valence-electron chi connectivity index (χ0n) is 11.8. The number of nitrogens with one attached hydrogen (secondary N) is 2. The van der Waals surface area contributed by atoms with Crippen molar-refractivity contribution in [2.75, 3.05) is 17.2 Å². The molecule has 0 fully saturated rings. The molecule has 3 nitrogen and oxygen atoms in total. The lowest BCUT2D eigenvalue weighted by molar-refractivity contribution is 0.102. The van der Waals surface area contributed by atoms with E-state index in [2.05, 4.69) is 26.6 Å². The molecular weight excluding hydrogens is 352 g/mol. The van der Waals surface area contributed by atoms with Gasteiger partial charge in [0, 0.05) is 22.3 Å². The largest absolute Gasteiger partial charge is 0.385 e. The van der Waals surface area contributed by atoms with E-state index in [4.69, 9.17) is 11.6 Å². The Morgan fingerprint density at radius 1 is 1.19 bits per heavy atom. The molecule has 0 aliphatic heterocycles. The standard InChI is InChI=1S/C16H16BrClN2O/c1-3-19-14-6-4-11(8-10(14)2)16(21)20-15-7-5-12(17)9-13(15)18/h4-9,19H,3H2,1-2H3,(H,20,21). The molecule has 2 aromatic rings. The summed E-state index contributed by atoms with van der Waals surface area (Å²) in [6.07, 6.45) is 0. The van der Waals surface area contributed by atoms with Crippen molar-refractivity contribution in [3.8, 4) is 0 Å². The maximum absolute atomic E-state index is 12.3. The van der Waals surface area contributed by atoms with E-state index >= 15 is 0 Å². The van der Waals surface area contributed by atoms with Crippen LogP contribution in [0.5, 0.6) is 0 Å². The van der Waals surface area contributed by atoms with Gasteiger partial charge in [0.15, 0.2) is 0 Å². The van der Waals surface area contributed by atoms with E-state index in [1.165, 1.54) is 0 Å². The van der Waals surface area contributed by atoms with Gasteiger partial charge in [-0.25, -0.2) is 0 Å². The molecule has 0 spiro atoms. The summed E-state index contributed by atoms with van der Waals surface area (Å²) in [7, 11) is 0. The fourth-order valence-corrected chi connectivity index (χ4v) is 2.70. The zero-order valence-corrected chi connectivity index (χ0v) is 14.2. The highest BCUT2D eigenvalue weighted by Crippen LogP contribution is 2.26. The number of hydrogen-bond acceptors (Lipinski definition) is 2. The first-order chi connectivity index (χ1) is 10.0. The highest BCUT2D eigenvalue weighted by molar-refractivity contribution is 9.10. The number of aryl methyl sites for hydroxylation is 1. The topological polar surface area (TPSA) is 41.1 Å². The summed E-state index contributed by atoms with van der Waals surface area (Å²) < 4.78 is 0.872. The molecule has 0 unspecified atom stereocenters. The second kappa shape index (κ2) is 6.96. The van der Waals surface area contributed by atoms with E-state index in [0.29, 0.717) is 16.3 Å². The van der Waals surface area contributed by atoms with Gasteiger partial charge in [0.2, 0.25) is 0 Å². The molecule has 1 amide bonds. The maximum atomic E-state index is 12.3. The first kappa shape index (κ1) is 15.9. The fraction of sp³-hybridized carbons (Fsp3) is 0.188. The SMILES string of the molecule is CCNc1ccc(C(=O)Nc2ccc(Br)cc2Cl)cc1C. The smallest absolute Gasteiger partial charge is 0.255 e. The molecule has 0 radical (unpaired) electrons. The predicted molar refractivity (Wildman–Crippen MR) is 92.4 cm³/mol. The van der Waals surface area contributed by atoms with Gasteiger partial charge >= 0.3 is 0 Å². The summed E-state index contributed by atoms with van der Waals surface area (Å²) in [6, 6.07) is 10.9. The van der Waals surface area contributed by atoms with Crippen molar-refractivity contribution in [1.82, 2.24) is 0 Å². The van der Waals surface area contributed by atoms with E-state index in [1.807, 2.05) is 32.0 Å². The van der Waals surface area contributed by atoms with Crippen LogP contribution in [-0.2, 0) is 0 Å². The summed E-state index contributed by atoms with van der Waals surface area (Å²) in [5.41, 5.74) is 3.27. The molecule has 0 atom stereocenters. The molecule has 5 heteroatoms. The van der Waals surface area contributed by atoms with Crippen LogP contribution >= 0.6 is 27.5 Å². The van der Waals surface area contributed by atoms with Gasteiger partial charge in [0.05, 0.1) is 10.7 Å². The number of benzene rings is 2. The first-order valence-electron chi connectivity index (χ1n) is 6.62. The van der Waals surface area contributed by atoms with Crippen molar-refractivity contribution < 1.29 is 4.79 Å². The second-order valence-corrected chi connectivity index (χ2v) is 5.96. The van der Waals surface area contributed by atoms with E-state index in [9.17, 15) is 4.79 Å². The molecule has 21 heavy (non-hydrogen) atoms. The van der Waals surface area contributed by atoms with E-state index in [0.717, 1.165) is 22.3 Å². The van der Waals surface area contributed by atoms with Crippen molar-refractivity contribution in [2.24, 2.45) is 0 Å². The highest BCUT2D eigenvalue weighted by atomic mass is 79.9. The van der Waals surface area contributed by atoms with Gasteiger partial charge < -0.3 is 10.6 Å². The number of rotatable bonds is 4. The van der Waals surface area contributed by atoms with E-state index in [-0.39, 0.29) is 5.91 Å². The number of hydrogen-bond donors (Lipinski definition) is 2. The zero-order chi connectivity index (χ0) is 15.4. The van der Waals surface area contributed by atoms with Crippen molar-refractivity contribution in [1.29, 1.82) is 0 Å². The molecule has 0 bridgehead atoms. The van der Waals surface area contributed by atoms with Gasteiger partial charge in [-0.3, -0.25) is 4.79 Å². The Kier molecular flexibility index (Phi) is 5.26. The average molecular weight is 368 g/mol. The second-order valence-electron chi connectivity index (χ2n) is 4.64. The summed E-state index contributed by atoms with van der Waals surface area (Å²) in [4.78, 5) is 12.3. The van der Waals surface area contributed by atoms with Crippen LogP contribution in [0.15, 0.2) is 40.9 Å². The normalized spacial score (nSPS) is 10.3. The molecular formula is C16H16BrClN2O. The molecule has 2 aromatic carbocycles. The van der Waals surface area contributed by atoms with Crippen LogP contribution < -0.4 is 10.6 Å². The first-order valence-corrected chi connectivity index (χ1v) is 7.79. The Bertz CT molecular complexity index is 673. The third kappa shape index (κ3) is 3.99. The van der Waals surface area contributed by atoms with Crippen LogP contribution in [0.3, 0.4) is 0 Å². The molecule has 0 aliphatic rings. The van der Waals surface area contributed by atoms with Crippen LogP contribution in [0.1, 0.15) is 22.8 Å². The van der Waals surface area contributed by atoms with Crippen LogP contribution in [-0.4, -0.2) is 12.5 Å². The maximum Gasteiger partial charge on any atom is 0.255 e. The lowest BCUT2D eigenvalue weighted by atomic mass is 10.1. The summed E-state index contributed by atoms with van der Waals surface area (Å²) >= 11 is 9.44. The van der Waals surface area contributed by atoms with Crippen molar-refractivity contribution in [2.45, 2.75) is 13.8 Å². The van der Waals surface area contributed by atoms with Gasteiger partial charge in [-0.05, 0) is 55.8 Å². The van der Waals surface area contributed by atoms with E-state index < -0.39 is 0 Å². The molecule has 0 saturated heterocycles. The molecule has 0 saturated carbocycles. The number of halogens is 2. The van der Waals surface area contributed by atoms with Crippen LogP contribution in [0.4, 0.5) is 11.4 Å². The minimum atomic E-state index is -0.176. The van der Waals surface area contributed by atoms with Crippen LogP contribution in [0.2, 0.25) is 5.02 Å². The fourth-order valence-electron chi connectivity index (χ4n) is 1.98. The van der Waals surface area contributed by atoms with Gasteiger partial charge in [-0.2, -0.15) is 0 Å². The molecule has 110 valence electrons.